The van der Waals surface area contributed by atoms with Gasteiger partial charge in [-0.05, 0) is 24.6 Å². The van der Waals surface area contributed by atoms with E-state index in [0.717, 1.165) is 0 Å². The summed E-state index contributed by atoms with van der Waals surface area (Å²) in [6, 6.07) is 5.48. The standard InChI is InChI=1S/C10H12FNO2.ClH/c1-2-14-10(12)9(13)7-4-3-5-8(11)6-7;/h3-6,9,12-13H,2H2,1H3;1H. The highest BCUT2D eigenvalue weighted by atomic mass is 35.5. The fraction of sp³-hybridized carbons (Fsp3) is 0.300. The van der Waals surface area contributed by atoms with Crippen molar-refractivity contribution < 1.29 is 14.2 Å². The van der Waals surface area contributed by atoms with Crippen molar-refractivity contribution in [2.75, 3.05) is 6.61 Å². The van der Waals surface area contributed by atoms with Gasteiger partial charge in [-0.15, -0.1) is 12.4 Å². The molecule has 0 bridgehead atoms. The number of aliphatic hydroxyl groups excluding tert-OH is 1. The van der Waals surface area contributed by atoms with E-state index in [1.54, 1.807) is 13.0 Å². The first-order valence-corrected chi connectivity index (χ1v) is 4.30. The Morgan fingerprint density at radius 3 is 2.80 bits per heavy atom. The first-order valence-electron chi connectivity index (χ1n) is 4.30. The molecule has 1 unspecified atom stereocenters. The number of aliphatic hydroxyl groups is 1. The second-order valence-corrected chi connectivity index (χ2v) is 2.75. The van der Waals surface area contributed by atoms with Gasteiger partial charge in [-0.1, -0.05) is 12.1 Å². The van der Waals surface area contributed by atoms with Crippen LogP contribution in [0.2, 0.25) is 0 Å². The van der Waals surface area contributed by atoms with Gasteiger partial charge in [-0.3, -0.25) is 5.41 Å². The summed E-state index contributed by atoms with van der Waals surface area (Å²) in [6.07, 6.45) is -1.19. The molecule has 0 saturated heterocycles. The lowest BCUT2D eigenvalue weighted by Crippen LogP contribution is -2.14. The summed E-state index contributed by atoms with van der Waals surface area (Å²) in [5.74, 6) is -0.705. The van der Waals surface area contributed by atoms with E-state index < -0.39 is 11.9 Å². The molecule has 0 fully saturated rings. The summed E-state index contributed by atoms with van der Waals surface area (Å²) in [6.45, 7) is 2.03. The second kappa shape index (κ2) is 6.37. The van der Waals surface area contributed by atoms with E-state index in [2.05, 4.69) is 0 Å². The van der Waals surface area contributed by atoms with E-state index in [1.807, 2.05) is 0 Å². The van der Waals surface area contributed by atoms with Crippen molar-refractivity contribution in [3.05, 3.63) is 35.6 Å². The van der Waals surface area contributed by atoms with Crippen LogP contribution in [0.15, 0.2) is 24.3 Å². The van der Waals surface area contributed by atoms with Gasteiger partial charge in [0.2, 0.25) is 5.90 Å². The van der Waals surface area contributed by atoms with Crippen molar-refractivity contribution in [2.45, 2.75) is 13.0 Å². The number of ether oxygens (including phenoxy) is 1. The maximum atomic E-state index is 12.8. The van der Waals surface area contributed by atoms with Crippen molar-refractivity contribution in [1.29, 1.82) is 5.41 Å². The van der Waals surface area contributed by atoms with Gasteiger partial charge in [0.15, 0.2) is 6.10 Å². The third-order valence-electron chi connectivity index (χ3n) is 1.71. The van der Waals surface area contributed by atoms with Gasteiger partial charge >= 0.3 is 0 Å². The Balaban J connectivity index is 0.00000196. The third kappa shape index (κ3) is 3.85. The van der Waals surface area contributed by atoms with Crippen LogP contribution in [-0.2, 0) is 4.74 Å². The highest BCUT2D eigenvalue weighted by Gasteiger charge is 2.14. The van der Waals surface area contributed by atoms with E-state index in [9.17, 15) is 9.50 Å². The molecule has 0 saturated carbocycles. The fourth-order valence-corrected chi connectivity index (χ4v) is 1.06. The summed E-state index contributed by atoms with van der Waals surface area (Å²) < 4.78 is 17.6. The summed E-state index contributed by atoms with van der Waals surface area (Å²) in [5.41, 5.74) is 0.323. The molecule has 0 aliphatic rings. The Morgan fingerprint density at radius 2 is 2.27 bits per heavy atom. The van der Waals surface area contributed by atoms with Crippen LogP contribution >= 0.6 is 12.4 Å². The predicted molar refractivity (Wildman–Crippen MR) is 58.0 cm³/mol. The Bertz CT molecular complexity index is 333. The number of benzene rings is 1. The maximum Gasteiger partial charge on any atom is 0.214 e. The van der Waals surface area contributed by atoms with Crippen LogP contribution < -0.4 is 0 Å². The molecule has 1 aromatic carbocycles. The largest absolute Gasteiger partial charge is 0.479 e. The molecule has 0 radical (unpaired) electrons. The summed E-state index contributed by atoms with van der Waals surface area (Å²) >= 11 is 0. The van der Waals surface area contributed by atoms with Gasteiger partial charge in [-0.2, -0.15) is 0 Å². The molecule has 1 atom stereocenters. The van der Waals surface area contributed by atoms with Crippen molar-refractivity contribution in [3.8, 4) is 0 Å². The molecule has 0 amide bonds. The highest BCUT2D eigenvalue weighted by molar-refractivity contribution is 5.85. The zero-order valence-corrected chi connectivity index (χ0v) is 9.05. The van der Waals surface area contributed by atoms with E-state index >= 15 is 0 Å². The number of nitrogens with one attached hydrogen (secondary N) is 1. The maximum absolute atomic E-state index is 12.8. The van der Waals surface area contributed by atoms with E-state index in [-0.39, 0.29) is 18.3 Å². The van der Waals surface area contributed by atoms with Crippen LogP contribution in [0.4, 0.5) is 4.39 Å². The van der Waals surface area contributed by atoms with E-state index in [0.29, 0.717) is 12.2 Å². The molecule has 0 heterocycles. The van der Waals surface area contributed by atoms with Gasteiger partial charge in [0.25, 0.3) is 0 Å². The first kappa shape index (κ1) is 13.9. The van der Waals surface area contributed by atoms with Crippen LogP contribution in [0.25, 0.3) is 0 Å². The minimum Gasteiger partial charge on any atom is -0.479 e. The zero-order valence-electron chi connectivity index (χ0n) is 8.24. The zero-order chi connectivity index (χ0) is 10.6. The SMILES string of the molecule is CCOC(=N)C(O)c1cccc(F)c1.Cl. The number of hydrogen-bond donors (Lipinski definition) is 2. The third-order valence-corrected chi connectivity index (χ3v) is 1.71. The lowest BCUT2D eigenvalue weighted by Gasteiger charge is -2.12. The minimum absolute atomic E-state index is 0. The molecule has 1 rings (SSSR count). The molecule has 0 spiro atoms. The number of rotatable bonds is 3. The van der Waals surface area contributed by atoms with Gasteiger partial charge in [0.1, 0.15) is 5.82 Å². The molecule has 5 heteroatoms. The van der Waals surface area contributed by atoms with Gasteiger partial charge < -0.3 is 9.84 Å². The van der Waals surface area contributed by atoms with Crippen molar-refractivity contribution in [2.24, 2.45) is 0 Å². The van der Waals surface area contributed by atoms with Crippen molar-refractivity contribution in [1.82, 2.24) is 0 Å². The summed E-state index contributed by atoms with van der Waals surface area (Å²) in [4.78, 5) is 0. The van der Waals surface area contributed by atoms with Crippen molar-refractivity contribution in [3.63, 3.8) is 0 Å². The molecule has 0 aliphatic heterocycles. The summed E-state index contributed by atoms with van der Waals surface area (Å²) in [7, 11) is 0. The normalized spacial score (nSPS) is 11.4. The molecule has 1 aromatic rings. The average Bonchev–Trinajstić information content (AvgIpc) is 2.17. The molecule has 0 aromatic heterocycles. The van der Waals surface area contributed by atoms with Gasteiger partial charge in [0, 0.05) is 0 Å². The predicted octanol–water partition coefficient (Wildman–Crippen LogP) is 2.29. The quantitative estimate of drug-likeness (QED) is 0.622. The second-order valence-electron chi connectivity index (χ2n) is 2.75. The molecule has 3 nitrogen and oxygen atoms in total. The minimum atomic E-state index is -1.19. The lowest BCUT2D eigenvalue weighted by atomic mass is 10.1. The van der Waals surface area contributed by atoms with Crippen LogP contribution in [0.5, 0.6) is 0 Å². The van der Waals surface area contributed by atoms with Crippen molar-refractivity contribution >= 4 is 18.3 Å². The number of halogens is 2. The lowest BCUT2D eigenvalue weighted by molar-refractivity contribution is 0.190. The average molecular weight is 234 g/mol. The van der Waals surface area contributed by atoms with E-state index in [4.69, 9.17) is 10.1 Å². The highest BCUT2D eigenvalue weighted by Crippen LogP contribution is 2.15. The van der Waals surface area contributed by atoms with Crippen LogP contribution in [0.1, 0.15) is 18.6 Å². The van der Waals surface area contributed by atoms with E-state index in [1.165, 1.54) is 18.2 Å². The smallest absolute Gasteiger partial charge is 0.214 e. The van der Waals surface area contributed by atoms with Gasteiger partial charge in [0.05, 0.1) is 6.61 Å². The van der Waals surface area contributed by atoms with Gasteiger partial charge in [-0.25, -0.2) is 4.39 Å². The molecule has 15 heavy (non-hydrogen) atoms. The van der Waals surface area contributed by atoms with Crippen LogP contribution in [0, 0.1) is 11.2 Å². The Labute approximate surface area is 93.8 Å². The Kier molecular flexibility index (Phi) is 5.89. The van der Waals surface area contributed by atoms with Crippen LogP contribution in [-0.4, -0.2) is 17.6 Å². The molecule has 0 aliphatic carbocycles. The topological polar surface area (TPSA) is 53.3 Å². The molecular formula is C10H13ClFNO2. The Hall–Kier alpha value is -1.13. The molecule has 2 N–H and O–H groups in total. The summed E-state index contributed by atoms with van der Waals surface area (Å²) in [5, 5.41) is 16.8. The monoisotopic (exact) mass is 233 g/mol. The first-order chi connectivity index (χ1) is 6.65. The molecule has 84 valence electrons. The van der Waals surface area contributed by atoms with Crippen LogP contribution in [0.3, 0.4) is 0 Å². The molecular weight excluding hydrogens is 221 g/mol. The fourth-order valence-electron chi connectivity index (χ4n) is 1.06. The number of hydrogen-bond acceptors (Lipinski definition) is 3. The Morgan fingerprint density at radius 1 is 1.60 bits per heavy atom.